The van der Waals surface area contributed by atoms with Gasteiger partial charge in [0.1, 0.15) is 11.6 Å². The van der Waals surface area contributed by atoms with Crippen molar-refractivity contribution < 1.29 is 9.84 Å². The molecule has 0 atom stereocenters. The summed E-state index contributed by atoms with van der Waals surface area (Å²) in [5.41, 5.74) is 9.63. The summed E-state index contributed by atoms with van der Waals surface area (Å²) in [5, 5.41) is 9.17. The number of aliphatic hydroxyl groups is 1. The van der Waals surface area contributed by atoms with Gasteiger partial charge in [-0.2, -0.15) is 0 Å². The fourth-order valence-electron chi connectivity index (χ4n) is 2.73. The molecule has 1 aromatic heterocycles. The fraction of sp³-hybridized carbons (Fsp3) is 0.278. The first-order valence-electron chi connectivity index (χ1n) is 7.83. The van der Waals surface area contributed by atoms with Crippen LogP contribution in [0.4, 0.5) is 5.69 Å². The van der Waals surface area contributed by atoms with Crippen molar-refractivity contribution in [3.8, 4) is 17.1 Å². The van der Waals surface area contributed by atoms with Gasteiger partial charge in [-0.25, -0.2) is 4.98 Å². The van der Waals surface area contributed by atoms with E-state index in [0.717, 1.165) is 22.4 Å². The quantitative estimate of drug-likeness (QED) is 0.686. The number of rotatable bonds is 6. The van der Waals surface area contributed by atoms with Crippen molar-refractivity contribution in [3.05, 3.63) is 42.5 Å². The summed E-state index contributed by atoms with van der Waals surface area (Å²) >= 11 is 0. The Bertz CT molecular complexity index is 811. The van der Waals surface area contributed by atoms with Crippen molar-refractivity contribution >= 4 is 16.7 Å². The topological polar surface area (TPSA) is 73.3 Å². The predicted molar refractivity (Wildman–Crippen MR) is 92.5 cm³/mol. The summed E-state index contributed by atoms with van der Waals surface area (Å²) in [6.45, 7) is 3.37. The lowest BCUT2D eigenvalue weighted by Gasteiger charge is -2.11. The molecule has 5 nitrogen and oxygen atoms in total. The third-order valence-corrected chi connectivity index (χ3v) is 3.76. The molecule has 3 N–H and O–H groups in total. The van der Waals surface area contributed by atoms with Gasteiger partial charge in [-0.1, -0.05) is 12.1 Å². The maximum absolute atomic E-state index is 9.17. The number of aryl methyl sites for hydroxylation is 1. The molecule has 0 spiro atoms. The third kappa shape index (κ3) is 3.00. The van der Waals surface area contributed by atoms with Crippen LogP contribution in [0.15, 0.2) is 42.5 Å². The van der Waals surface area contributed by atoms with Gasteiger partial charge in [0.05, 0.1) is 23.3 Å². The minimum Gasteiger partial charge on any atom is -0.492 e. The molecule has 0 unspecified atom stereocenters. The highest BCUT2D eigenvalue weighted by Gasteiger charge is 2.13. The first-order chi connectivity index (χ1) is 11.2. The Morgan fingerprint density at radius 1 is 1.22 bits per heavy atom. The number of nitrogens with zero attached hydrogens (tertiary/aromatic N) is 2. The zero-order valence-electron chi connectivity index (χ0n) is 13.2. The van der Waals surface area contributed by atoms with Gasteiger partial charge in [-0.3, -0.25) is 0 Å². The number of ether oxygens (including phenoxy) is 1. The van der Waals surface area contributed by atoms with E-state index in [9.17, 15) is 0 Å². The van der Waals surface area contributed by atoms with Gasteiger partial charge in [-0.15, -0.1) is 0 Å². The Balaban J connectivity index is 2.09. The first kappa shape index (κ1) is 15.4. The second kappa shape index (κ2) is 6.71. The maximum atomic E-state index is 9.17. The average Bonchev–Trinajstić information content (AvgIpc) is 2.93. The molecule has 0 aliphatic heterocycles. The predicted octanol–water partition coefficient (Wildman–Crippen LogP) is 3.07. The second-order valence-corrected chi connectivity index (χ2v) is 5.34. The number of aromatic nitrogens is 2. The smallest absolute Gasteiger partial charge is 0.142 e. The van der Waals surface area contributed by atoms with E-state index in [1.165, 1.54) is 0 Å². The van der Waals surface area contributed by atoms with E-state index < -0.39 is 0 Å². The normalized spacial score (nSPS) is 11.0. The monoisotopic (exact) mass is 311 g/mol. The summed E-state index contributed by atoms with van der Waals surface area (Å²) in [5.74, 6) is 1.55. The Morgan fingerprint density at radius 2 is 2.04 bits per heavy atom. The van der Waals surface area contributed by atoms with Gasteiger partial charge in [-0.05, 0) is 43.7 Å². The summed E-state index contributed by atoms with van der Waals surface area (Å²) in [6.07, 6.45) is 0.680. The molecule has 0 saturated carbocycles. The van der Waals surface area contributed by atoms with E-state index >= 15 is 0 Å². The number of hydrogen-bond acceptors (Lipinski definition) is 4. The number of fused-ring (bicyclic) bond motifs is 1. The van der Waals surface area contributed by atoms with E-state index in [4.69, 9.17) is 20.6 Å². The van der Waals surface area contributed by atoms with E-state index in [1.807, 2.05) is 49.4 Å². The van der Waals surface area contributed by atoms with Crippen LogP contribution in [-0.4, -0.2) is 27.9 Å². The number of imidazole rings is 1. The summed E-state index contributed by atoms with van der Waals surface area (Å²) in [7, 11) is 0. The van der Waals surface area contributed by atoms with Crippen molar-refractivity contribution in [2.45, 2.75) is 19.9 Å². The van der Waals surface area contributed by atoms with Gasteiger partial charge in [0.15, 0.2) is 0 Å². The standard InChI is InChI=1S/C18H21N3O2/c1-2-23-17-9-8-13(12-14(17)19)18-20-15-6-3-4-7-16(15)21(18)10-5-11-22/h3-4,6-9,12,22H,2,5,10-11,19H2,1H3. The number of aliphatic hydroxyl groups excluding tert-OH is 1. The van der Waals surface area contributed by atoms with Crippen LogP contribution < -0.4 is 10.5 Å². The van der Waals surface area contributed by atoms with Crippen LogP contribution in [0.25, 0.3) is 22.4 Å². The van der Waals surface area contributed by atoms with E-state index in [2.05, 4.69) is 4.57 Å². The fourth-order valence-corrected chi connectivity index (χ4v) is 2.73. The molecule has 3 aromatic rings. The van der Waals surface area contributed by atoms with Crippen molar-refractivity contribution in [3.63, 3.8) is 0 Å². The lowest BCUT2D eigenvalue weighted by atomic mass is 10.1. The Morgan fingerprint density at radius 3 is 2.78 bits per heavy atom. The van der Waals surface area contributed by atoms with Crippen LogP contribution >= 0.6 is 0 Å². The highest BCUT2D eigenvalue weighted by Crippen LogP contribution is 2.30. The van der Waals surface area contributed by atoms with Gasteiger partial charge < -0.3 is 20.1 Å². The highest BCUT2D eigenvalue weighted by atomic mass is 16.5. The van der Waals surface area contributed by atoms with Crippen molar-refractivity contribution in [1.82, 2.24) is 9.55 Å². The van der Waals surface area contributed by atoms with Gasteiger partial charge in [0, 0.05) is 18.7 Å². The molecular weight excluding hydrogens is 290 g/mol. The average molecular weight is 311 g/mol. The van der Waals surface area contributed by atoms with E-state index in [1.54, 1.807) is 0 Å². The molecular formula is C18H21N3O2. The lowest BCUT2D eigenvalue weighted by molar-refractivity contribution is 0.281. The molecule has 0 saturated heterocycles. The lowest BCUT2D eigenvalue weighted by Crippen LogP contribution is -2.03. The maximum Gasteiger partial charge on any atom is 0.142 e. The third-order valence-electron chi connectivity index (χ3n) is 3.76. The molecule has 23 heavy (non-hydrogen) atoms. The number of para-hydroxylation sites is 2. The first-order valence-corrected chi connectivity index (χ1v) is 7.83. The molecule has 2 aromatic carbocycles. The zero-order valence-corrected chi connectivity index (χ0v) is 13.2. The Hall–Kier alpha value is -2.53. The summed E-state index contributed by atoms with van der Waals surface area (Å²) in [6, 6.07) is 13.7. The van der Waals surface area contributed by atoms with Crippen molar-refractivity contribution in [1.29, 1.82) is 0 Å². The highest BCUT2D eigenvalue weighted by molar-refractivity contribution is 5.81. The molecule has 0 amide bonds. The molecule has 3 rings (SSSR count). The molecule has 0 radical (unpaired) electrons. The molecule has 0 fully saturated rings. The van der Waals surface area contributed by atoms with Gasteiger partial charge in [0.25, 0.3) is 0 Å². The molecule has 120 valence electrons. The summed E-state index contributed by atoms with van der Waals surface area (Å²) in [4.78, 5) is 4.74. The van der Waals surface area contributed by atoms with Crippen LogP contribution in [0.2, 0.25) is 0 Å². The number of nitrogen functional groups attached to an aromatic ring is 1. The molecule has 0 aliphatic rings. The SMILES string of the molecule is CCOc1ccc(-c2nc3ccccc3n2CCCO)cc1N. The Kier molecular flexibility index (Phi) is 4.48. The van der Waals surface area contributed by atoms with Crippen LogP contribution in [0.3, 0.4) is 0 Å². The van der Waals surface area contributed by atoms with Crippen LogP contribution in [-0.2, 0) is 6.54 Å². The number of nitrogens with two attached hydrogens (primary N) is 1. The van der Waals surface area contributed by atoms with Crippen LogP contribution in [0, 0.1) is 0 Å². The Labute approximate surface area is 135 Å². The molecule has 0 aliphatic carbocycles. The van der Waals surface area contributed by atoms with Crippen molar-refractivity contribution in [2.75, 3.05) is 18.9 Å². The molecule has 5 heteroatoms. The molecule has 1 heterocycles. The number of hydrogen-bond donors (Lipinski definition) is 2. The largest absolute Gasteiger partial charge is 0.492 e. The molecule has 0 bridgehead atoms. The summed E-state index contributed by atoms with van der Waals surface area (Å²) < 4.78 is 7.62. The van der Waals surface area contributed by atoms with E-state index in [-0.39, 0.29) is 6.61 Å². The van der Waals surface area contributed by atoms with Crippen LogP contribution in [0.5, 0.6) is 5.75 Å². The van der Waals surface area contributed by atoms with Crippen LogP contribution in [0.1, 0.15) is 13.3 Å². The zero-order chi connectivity index (χ0) is 16.2. The second-order valence-electron chi connectivity index (χ2n) is 5.34. The van der Waals surface area contributed by atoms with Gasteiger partial charge in [0.2, 0.25) is 0 Å². The van der Waals surface area contributed by atoms with E-state index in [0.29, 0.717) is 31.0 Å². The number of benzene rings is 2. The minimum absolute atomic E-state index is 0.150. The minimum atomic E-state index is 0.150. The van der Waals surface area contributed by atoms with Crippen molar-refractivity contribution in [2.24, 2.45) is 0 Å². The number of anilines is 1. The van der Waals surface area contributed by atoms with Gasteiger partial charge >= 0.3 is 0 Å².